The van der Waals surface area contributed by atoms with Crippen molar-refractivity contribution in [1.29, 1.82) is 0 Å². The molecule has 1 aromatic rings. The summed E-state index contributed by atoms with van der Waals surface area (Å²) < 4.78 is 5.71. The normalized spacial score (nSPS) is 28.3. The molecule has 0 radical (unpaired) electrons. The lowest BCUT2D eigenvalue weighted by molar-refractivity contribution is -0.122. The molecular weight excluding hydrogens is 294 g/mol. The SMILES string of the molecule is CC1(CO)CCCC1NC(=O)CCc1nnc(C2CCCC2)o1. The van der Waals surface area contributed by atoms with Gasteiger partial charge in [0.05, 0.1) is 6.61 Å². The summed E-state index contributed by atoms with van der Waals surface area (Å²) >= 11 is 0. The van der Waals surface area contributed by atoms with Crippen molar-refractivity contribution < 1.29 is 14.3 Å². The average Bonchev–Trinajstić information content (AvgIpc) is 3.26. The van der Waals surface area contributed by atoms with E-state index in [2.05, 4.69) is 15.5 Å². The second-order valence-electron chi connectivity index (χ2n) is 7.34. The number of nitrogens with one attached hydrogen (secondary N) is 1. The highest BCUT2D eigenvalue weighted by atomic mass is 16.4. The van der Waals surface area contributed by atoms with Crippen LogP contribution in [-0.2, 0) is 11.2 Å². The Balaban J connectivity index is 1.47. The molecule has 1 aromatic heterocycles. The molecule has 2 aliphatic rings. The Hall–Kier alpha value is -1.43. The van der Waals surface area contributed by atoms with Gasteiger partial charge in [-0.05, 0) is 25.7 Å². The van der Waals surface area contributed by atoms with Gasteiger partial charge >= 0.3 is 0 Å². The molecule has 3 rings (SSSR count). The number of hydrogen-bond donors (Lipinski definition) is 2. The van der Waals surface area contributed by atoms with Gasteiger partial charge in [-0.2, -0.15) is 0 Å². The molecule has 2 fully saturated rings. The van der Waals surface area contributed by atoms with E-state index in [1.165, 1.54) is 12.8 Å². The molecule has 0 saturated heterocycles. The molecule has 2 aliphatic carbocycles. The third-order valence-corrected chi connectivity index (χ3v) is 5.53. The lowest BCUT2D eigenvalue weighted by Gasteiger charge is -2.30. The van der Waals surface area contributed by atoms with Crippen molar-refractivity contribution in [2.24, 2.45) is 5.41 Å². The van der Waals surface area contributed by atoms with Crippen molar-refractivity contribution in [2.75, 3.05) is 6.61 Å². The van der Waals surface area contributed by atoms with Crippen LogP contribution < -0.4 is 5.32 Å². The average molecular weight is 321 g/mol. The number of rotatable bonds is 6. The number of aryl methyl sites for hydroxylation is 1. The number of hydrogen-bond acceptors (Lipinski definition) is 5. The van der Waals surface area contributed by atoms with Crippen LogP contribution in [0.5, 0.6) is 0 Å². The van der Waals surface area contributed by atoms with Crippen LogP contribution in [0.15, 0.2) is 4.42 Å². The third-order valence-electron chi connectivity index (χ3n) is 5.53. The van der Waals surface area contributed by atoms with Crippen LogP contribution in [-0.4, -0.2) is 33.9 Å². The predicted octanol–water partition coefficient (Wildman–Crippen LogP) is 2.33. The van der Waals surface area contributed by atoms with Crippen molar-refractivity contribution in [1.82, 2.24) is 15.5 Å². The Morgan fingerprint density at radius 2 is 2.09 bits per heavy atom. The molecule has 1 amide bonds. The smallest absolute Gasteiger partial charge is 0.220 e. The van der Waals surface area contributed by atoms with Gasteiger partial charge in [0.15, 0.2) is 0 Å². The largest absolute Gasteiger partial charge is 0.425 e. The maximum atomic E-state index is 12.2. The molecule has 1 heterocycles. The Morgan fingerprint density at radius 3 is 2.83 bits per heavy atom. The summed E-state index contributed by atoms with van der Waals surface area (Å²) in [6.07, 6.45) is 8.51. The fourth-order valence-electron chi connectivity index (χ4n) is 3.86. The molecular formula is C17H27N3O3. The monoisotopic (exact) mass is 321 g/mol. The summed E-state index contributed by atoms with van der Waals surface area (Å²) in [5.74, 6) is 1.70. The number of amides is 1. The molecule has 2 saturated carbocycles. The summed E-state index contributed by atoms with van der Waals surface area (Å²) in [6, 6.07) is 0.0664. The Kier molecular flexibility index (Phi) is 4.99. The summed E-state index contributed by atoms with van der Waals surface area (Å²) in [5.41, 5.74) is -0.185. The molecule has 0 bridgehead atoms. The number of nitrogens with zero attached hydrogens (tertiary/aromatic N) is 2. The van der Waals surface area contributed by atoms with E-state index in [1.54, 1.807) is 0 Å². The van der Waals surface area contributed by atoms with Crippen LogP contribution in [0.4, 0.5) is 0 Å². The lowest BCUT2D eigenvalue weighted by Crippen LogP contribution is -2.44. The Bertz CT molecular complexity index is 539. The van der Waals surface area contributed by atoms with E-state index >= 15 is 0 Å². The van der Waals surface area contributed by atoms with E-state index in [1.807, 2.05) is 6.92 Å². The topological polar surface area (TPSA) is 88.2 Å². The number of aliphatic hydroxyl groups is 1. The molecule has 2 N–H and O–H groups in total. The molecule has 23 heavy (non-hydrogen) atoms. The van der Waals surface area contributed by atoms with Gasteiger partial charge in [0.1, 0.15) is 0 Å². The van der Waals surface area contributed by atoms with Gasteiger partial charge in [-0.1, -0.05) is 26.2 Å². The van der Waals surface area contributed by atoms with Crippen LogP contribution in [0.2, 0.25) is 0 Å². The molecule has 0 spiro atoms. The van der Waals surface area contributed by atoms with Crippen LogP contribution >= 0.6 is 0 Å². The first-order valence-corrected chi connectivity index (χ1v) is 8.83. The van der Waals surface area contributed by atoms with E-state index in [0.717, 1.165) is 38.0 Å². The second-order valence-corrected chi connectivity index (χ2v) is 7.34. The minimum atomic E-state index is -0.185. The maximum Gasteiger partial charge on any atom is 0.220 e. The van der Waals surface area contributed by atoms with Crippen molar-refractivity contribution in [3.63, 3.8) is 0 Å². The van der Waals surface area contributed by atoms with Gasteiger partial charge in [-0.25, -0.2) is 0 Å². The van der Waals surface area contributed by atoms with Gasteiger partial charge in [0, 0.05) is 30.2 Å². The zero-order valence-corrected chi connectivity index (χ0v) is 13.9. The molecule has 128 valence electrons. The number of aliphatic hydroxyl groups excluding tert-OH is 1. The number of carbonyl (C=O) groups excluding carboxylic acids is 1. The summed E-state index contributed by atoms with van der Waals surface area (Å²) in [6.45, 7) is 2.16. The van der Waals surface area contributed by atoms with E-state index in [0.29, 0.717) is 24.7 Å². The van der Waals surface area contributed by atoms with E-state index in [9.17, 15) is 9.90 Å². The van der Waals surface area contributed by atoms with Crippen LogP contribution in [0.1, 0.15) is 76.0 Å². The lowest BCUT2D eigenvalue weighted by atomic mass is 9.86. The Morgan fingerprint density at radius 1 is 1.30 bits per heavy atom. The molecule has 0 aliphatic heterocycles. The highest BCUT2D eigenvalue weighted by molar-refractivity contribution is 5.76. The standard InChI is InChI=1S/C17H27N3O3/c1-17(11-21)10-4-7-13(17)18-14(22)8-9-15-19-20-16(23-15)12-5-2-3-6-12/h12-13,21H,2-11H2,1H3,(H,18,22). The van der Waals surface area contributed by atoms with Crippen LogP contribution in [0, 0.1) is 5.41 Å². The number of aromatic nitrogens is 2. The van der Waals surface area contributed by atoms with Gasteiger partial charge in [-0.3, -0.25) is 4.79 Å². The number of carbonyl (C=O) groups is 1. The second kappa shape index (κ2) is 6.99. The first-order valence-electron chi connectivity index (χ1n) is 8.83. The van der Waals surface area contributed by atoms with Crippen molar-refractivity contribution in [2.45, 2.75) is 76.7 Å². The highest BCUT2D eigenvalue weighted by Crippen LogP contribution is 2.37. The van der Waals surface area contributed by atoms with Crippen molar-refractivity contribution in [3.05, 3.63) is 11.8 Å². The van der Waals surface area contributed by atoms with Gasteiger partial charge in [0.2, 0.25) is 17.7 Å². The zero-order chi connectivity index (χ0) is 16.3. The van der Waals surface area contributed by atoms with Gasteiger partial charge in [-0.15, -0.1) is 10.2 Å². The molecule has 6 nitrogen and oxygen atoms in total. The summed E-state index contributed by atoms with van der Waals surface area (Å²) in [5, 5.41) is 20.8. The van der Waals surface area contributed by atoms with Crippen molar-refractivity contribution in [3.8, 4) is 0 Å². The fourth-order valence-corrected chi connectivity index (χ4v) is 3.86. The summed E-state index contributed by atoms with van der Waals surface area (Å²) in [7, 11) is 0. The third kappa shape index (κ3) is 3.74. The van der Waals surface area contributed by atoms with Crippen LogP contribution in [0.25, 0.3) is 0 Å². The minimum Gasteiger partial charge on any atom is -0.425 e. The van der Waals surface area contributed by atoms with Gasteiger partial charge < -0.3 is 14.8 Å². The maximum absolute atomic E-state index is 12.2. The summed E-state index contributed by atoms with van der Waals surface area (Å²) in [4.78, 5) is 12.2. The first kappa shape index (κ1) is 16.4. The Labute approximate surface area is 137 Å². The minimum absolute atomic E-state index is 0.00260. The predicted molar refractivity (Wildman–Crippen MR) is 84.8 cm³/mol. The molecule has 0 aromatic carbocycles. The van der Waals surface area contributed by atoms with E-state index < -0.39 is 0 Å². The first-order chi connectivity index (χ1) is 11.1. The van der Waals surface area contributed by atoms with E-state index in [4.69, 9.17) is 4.42 Å². The zero-order valence-electron chi connectivity index (χ0n) is 13.9. The fraction of sp³-hybridized carbons (Fsp3) is 0.824. The quantitative estimate of drug-likeness (QED) is 0.839. The van der Waals surface area contributed by atoms with Crippen molar-refractivity contribution >= 4 is 5.91 Å². The van der Waals surface area contributed by atoms with Crippen LogP contribution in [0.3, 0.4) is 0 Å². The van der Waals surface area contributed by atoms with Gasteiger partial charge in [0.25, 0.3) is 0 Å². The van der Waals surface area contributed by atoms with E-state index in [-0.39, 0.29) is 24.0 Å². The molecule has 6 heteroatoms. The highest BCUT2D eigenvalue weighted by Gasteiger charge is 2.38. The molecule has 2 atom stereocenters. The molecule has 2 unspecified atom stereocenters.